The number of anilines is 1. The van der Waals surface area contributed by atoms with Crippen LogP contribution < -0.4 is 9.62 Å². The van der Waals surface area contributed by atoms with E-state index in [4.69, 9.17) is 0 Å². The van der Waals surface area contributed by atoms with Gasteiger partial charge >= 0.3 is 0 Å². The summed E-state index contributed by atoms with van der Waals surface area (Å²) < 4.78 is 40.6. The second-order valence-corrected chi connectivity index (χ2v) is 10.2. The van der Waals surface area contributed by atoms with E-state index in [9.17, 15) is 17.6 Å². The number of amides is 1. The van der Waals surface area contributed by atoms with Gasteiger partial charge in [0.2, 0.25) is 10.0 Å². The molecule has 1 saturated heterocycles. The molecule has 6 nitrogen and oxygen atoms in total. The first-order chi connectivity index (χ1) is 14.0. The van der Waals surface area contributed by atoms with Crippen molar-refractivity contribution in [2.24, 2.45) is 0 Å². The predicted molar refractivity (Wildman–Crippen MR) is 116 cm³/mol. The molecule has 1 fully saturated rings. The number of hydrogen-bond acceptors (Lipinski definition) is 4. The van der Waals surface area contributed by atoms with Crippen molar-refractivity contribution in [3.8, 4) is 0 Å². The van der Waals surface area contributed by atoms with Crippen molar-refractivity contribution >= 4 is 21.6 Å². The lowest BCUT2D eigenvalue weighted by Gasteiger charge is -2.24. The van der Waals surface area contributed by atoms with Crippen molar-refractivity contribution in [1.29, 1.82) is 0 Å². The molecule has 3 rings (SSSR count). The zero-order valence-electron chi connectivity index (χ0n) is 17.6. The van der Waals surface area contributed by atoms with E-state index in [0.29, 0.717) is 25.2 Å². The van der Waals surface area contributed by atoms with E-state index in [1.54, 1.807) is 49.9 Å². The Morgan fingerprint density at radius 1 is 0.933 bits per heavy atom. The summed E-state index contributed by atoms with van der Waals surface area (Å²) in [6.45, 7) is 7.92. The van der Waals surface area contributed by atoms with Gasteiger partial charge in [-0.15, -0.1) is 0 Å². The van der Waals surface area contributed by atoms with Gasteiger partial charge in [0.25, 0.3) is 5.91 Å². The number of rotatable bonds is 4. The molecule has 2 aromatic rings. The molecule has 30 heavy (non-hydrogen) atoms. The Morgan fingerprint density at radius 3 is 2.17 bits per heavy atom. The van der Waals surface area contributed by atoms with Gasteiger partial charge in [-0.05, 0) is 75.7 Å². The smallest absolute Gasteiger partial charge is 0.253 e. The average Bonchev–Trinajstić information content (AvgIpc) is 2.92. The Kier molecular flexibility index (Phi) is 6.47. The predicted octanol–water partition coefficient (Wildman–Crippen LogP) is 3.26. The molecule has 1 heterocycles. The summed E-state index contributed by atoms with van der Waals surface area (Å²) >= 11 is 0. The van der Waals surface area contributed by atoms with Crippen LogP contribution in [0, 0.1) is 5.82 Å². The van der Waals surface area contributed by atoms with Crippen molar-refractivity contribution in [2.45, 2.75) is 37.6 Å². The molecule has 1 aliphatic heterocycles. The average molecular weight is 434 g/mol. The Balaban J connectivity index is 1.67. The number of carbonyl (C=O) groups is 1. The van der Waals surface area contributed by atoms with E-state index >= 15 is 0 Å². The van der Waals surface area contributed by atoms with Gasteiger partial charge in [0, 0.05) is 43.0 Å². The molecule has 0 radical (unpaired) electrons. The van der Waals surface area contributed by atoms with Gasteiger partial charge in [-0.3, -0.25) is 4.79 Å². The van der Waals surface area contributed by atoms with Gasteiger partial charge in [0.15, 0.2) is 0 Å². The van der Waals surface area contributed by atoms with Crippen molar-refractivity contribution < 1.29 is 17.6 Å². The van der Waals surface area contributed by atoms with Crippen molar-refractivity contribution in [3.63, 3.8) is 0 Å². The highest BCUT2D eigenvalue weighted by Crippen LogP contribution is 2.19. The molecule has 2 aromatic carbocycles. The van der Waals surface area contributed by atoms with Gasteiger partial charge in [-0.2, -0.15) is 0 Å². The second kappa shape index (κ2) is 8.73. The zero-order valence-corrected chi connectivity index (χ0v) is 18.4. The van der Waals surface area contributed by atoms with Crippen LogP contribution in [0.2, 0.25) is 0 Å². The van der Waals surface area contributed by atoms with Crippen LogP contribution in [0.15, 0.2) is 53.4 Å². The standard InChI is InChI=1S/C22H28FN3O3S/c1-22(2,3)24-30(28,29)20-11-5-17(6-12-20)21(27)26-14-4-13-25(15-16-26)19-9-7-18(23)8-10-19/h5-12,24H,4,13-16H2,1-3H3. The summed E-state index contributed by atoms with van der Waals surface area (Å²) in [6, 6.07) is 12.4. The van der Waals surface area contributed by atoms with Crippen molar-refractivity contribution in [3.05, 3.63) is 59.9 Å². The summed E-state index contributed by atoms with van der Waals surface area (Å²) in [5.74, 6) is -0.391. The fourth-order valence-corrected chi connectivity index (χ4v) is 4.87. The van der Waals surface area contributed by atoms with Crippen LogP contribution in [0.5, 0.6) is 0 Å². The monoisotopic (exact) mass is 433 g/mol. The van der Waals surface area contributed by atoms with Crippen LogP contribution in [0.4, 0.5) is 10.1 Å². The van der Waals surface area contributed by atoms with Crippen LogP contribution in [0.3, 0.4) is 0 Å². The van der Waals surface area contributed by atoms with Crippen LogP contribution in [0.25, 0.3) is 0 Å². The molecule has 0 unspecified atom stereocenters. The number of nitrogens with zero attached hydrogens (tertiary/aromatic N) is 2. The molecular weight excluding hydrogens is 405 g/mol. The maximum Gasteiger partial charge on any atom is 0.253 e. The molecule has 1 amide bonds. The lowest BCUT2D eigenvalue weighted by atomic mass is 10.1. The second-order valence-electron chi connectivity index (χ2n) is 8.49. The maximum atomic E-state index is 13.2. The first-order valence-corrected chi connectivity index (χ1v) is 11.5. The summed E-state index contributed by atoms with van der Waals surface area (Å²) in [6.07, 6.45) is 0.797. The van der Waals surface area contributed by atoms with E-state index in [0.717, 1.165) is 18.7 Å². The van der Waals surface area contributed by atoms with Crippen LogP contribution in [-0.4, -0.2) is 50.9 Å². The van der Waals surface area contributed by atoms with Gasteiger partial charge in [0.05, 0.1) is 4.90 Å². The number of benzene rings is 2. The molecule has 162 valence electrons. The number of nitrogens with one attached hydrogen (secondary N) is 1. The normalized spacial score (nSPS) is 15.7. The minimum Gasteiger partial charge on any atom is -0.370 e. The van der Waals surface area contributed by atoms with Gasteiger partial charge in [0.1, 0.15) is 5.82 Å². The fourth-order valence-electron chi connectivity index (χ4n) is 3.45. The summed E-state index contributed by atoms with van der Waals surface area (Å²) in [4.78, 5) is 17.0. The Labute approximate surface area is 177 Å². The van der Waals surface area contributed by atoms with E-state index in [-0.39, 0.29) is 16.6 Å². The fraction of sp³-hybridized carbons (Fsp3) is 0.409. The first-order valence-electron chi connectivity index (χ1n) is 9.99. The number of halogens is 1. The van der Waals surface area contributed by atoms with Crippen LogP contribution in [0.1, 0.15) is 37.6 Å². The minimum absolute atomic E-state index is 0.122. The molecule has 0 aliphatic carbocycles. The molecule has 1 N–H and O–H groups in total. The lowest BCUT2D eigenvalue weighted by molar-refractivity contribution is 0.0767. The summed E-state index contributed by atoms with van der Waals surface area (Å²) in [5.41, 5.74) is 0.807. The number of hydrogen-bond donors (Lipinski definition) is 1. The highest BCUT2D eigenvalue weighted by atomic mass is 32.2. The quantitative estimate of drug-likeness (QED) is 0.804. The molecular formula is C22H28FN3O3S. The van der Waals surface area contributed by atoms with Crippen LogP contribution >= 0.6 is 0 Å². The van der Waals surface area contributed by atoms with E-state index in [1.807, 2.05) is 0 Å². The molecule has 0 saturated carbocycles. The van der Waals surface area contributed by atoms with E-state index in [1.165, 1.54) is 24.3 Å². The first kappa shape index (κ1) is 22.2. The van der Waals surface area contributed by atoms with Gasteiger partial charge in [-0.1, -0.05) is 0 Å². The van der Waals surface area contributed by atoms with E-state index in [2.05, 4.69) is 9.62 Å². The Bertz CT molecular complexity index is 984. The maximum absolute atomic E-state index is 13.2. The molecule has 0 bridgehead atoms. The third-order valence-corrected chi connectivity index (χ3v) is 6.60. The zero-order chi connectivity index (χ0) is 21.9. The third kappa shape index (κ3) is 5.58. The van der Waals surface area contributed by atoms with Gasteiger partial charge in [-0.25, -0.2) is 17.5 Å². The number of carbonyl (C=O) groups excluding carboxylic acids is 1. The van der Waals surface area contributed by atoms with Crippen molar-refractivity contribution in [1.82, 2.24) is 9.62 Å². The largest absolute Gasteiger partial charge is 0.370 e. The molecule has 0 aromatic heterocycles. The van der Waals surface area contributed by atoms with Crippen LogP contribution in [-0.2, 0) is 10.0 Å². The third-order valence-electron chi connectivity index (χ3n) is 4.83. The topological polar surface area (TPSA) is 69.7 Å². The Hall–Kier alpha value is -2.45. The SMILES string of the molecule is CC(C)(C)NS(=O)(=O)c1ccc(C(=O)N2CCCN(c3ccc(F)cc3)CC2)cc1. The highest BCUT2D eigenvalue weighted by Gasteiger charge is 2.24. The molecule has 0 spiro atoms. The highest BCUT2D eigenvalue weighted by molar-refractivity contribution is 7.89. The van der Waals surface area contributed by atoms with E-state index < -0.39 is 15.6 Å². The Morgan fingerprint density at radius 2 is 1.57 bits per heavy atom. The summed E-state index contributed by atoms with van der Waals surface area (Å²) in [7, 11) is -3.64. The molecule has 1 aliphatic rings. The minimum atomic E-state index is -3.64. The van der Waals surface area contributed by atoms with Crippen molar-refractivity contribution in [2.75, 3.05) is 31.1 Å². The number of sulfonamides is 1. The summed E-state index contributed by atoms with van der Waals surface area (Å²) in [5, 5.41) is 0. The molecule has 0 atom stereocenters. The molecule has 8 heteroatoms. The van der Waals surface area contributed by atoms with Gasteiger partial charge < -0.3 is 9.80 Å². The lowest BCUT2D eigenvalue weighted by Crippen LogP contribution is -2.40.